The Morgan fingerprint density at radius 1 is 1.16 bits per heavy atom. The van der Waals surface area contributed by atoms with Crippen molar-refractivity contribution in [1.29, 1.82) is 0 Å². The van der Waals surface area contributed by atoms with Crippen molar-refractivity contribution in [2.24, 2.45) is 5.73 Å². The van der Waals surface area contributed by atoms with Crippen molar-refractivity contribution in [2.75, 3.05) is 6.54 Å². The highest BCUT2D eigenvalue weighted by Gasteiger charge is 2.05. The molecule has 0 bridgehead atoms. The summed E-state index contributed by atoms with van der Waals surface area (Å²) < 4.78 is 0. The second kappa shape index (κ2) is 6.29. The van der Waals surface area contributed by atoms with Crippen LogP contribution < -0.4 is 11.1 Å². The molecule has 0 aromatic heterocycles. The van der Waals surface area contributed by atoms with Crippen molar-refractivity contribution in [3.05, 3.63) is 48.0 Å². The van der Waals surface area contributed by atoms with Crippen LogP contribution in [0.15, 0.2) is 42.5 Å². The van der Waals surface area contributed by atoms with Crippen LogP contribution in [0.3, 0.4) is 0 Å². The fourth-order valence-corrected chi connectivity index (χ4v) is 2.04. The van der Waals surface area contributed by atoms with Gasteiger partial charge in [-0.2, -0.15) is 0 Å². The first-order chi connectivity index (χ1) is 9.16. The minimum absolute atomic E-state index is 0.0614. The number of thiocarbonyl (C=S) groups is 1. The SMILES string of the molecule is NC(=S)CCCNC(=O)c1ccc2ccccc2c1. The van der Waals surface area contributed by atoms with Crippen molar-refractivity contribution in [1.82, 2.24) is 5.32 Å². The lowest BCUT2D eigenvalue weighted by Gasteiger charge is -2.06. The minimum atomic E-state index is -0.0614. The van der Waals surface area contributed by atoms with Gasteiger partial charge in [0, 0.05) is 12.1 Å². The lowest BCUT2D eigenvalue weighted by atomic mass is 10.1. The Morgan fingerprint density at radius 3 is 2.63 bits per heavy atom. The lowest BCUT2D eigenvalue weighted by Crippen LogP contribution is -2.25. The third kappa shape index (κ3) is 3.76. The van der Waals surface area contributed by atoms with E-state index in [9.17, 15) is 4.79 Å². The number of nitrogens with two attached hydrogens (primary N) is 1. The molecule has 0 radical (unpaired) electrons. The van der Waals surface area contributed by atoms with Gasteiger partial charge in [0.1, 0.15) is 0 Å². The average Bonchev–Trinajstić information content (AvgIpc) is 2.42. The first-order valence-corrected chi connectivity index (χ1v) is 6.63. The summed E-state index contributed by atoms with van der Waals surface area (Å²) in [7, 11) is 0. The fraction of sp³-hybridized carbons (Fsp3) is 0.200. The lowest BCUT2D eigenvalue weighted by molar-refractivity contribution is 0.0953. The highest BCUT2D eigenvalue weighted by Crippen LogP contribution is 2.15. The van der Waals surface area contributed by atoms with Crippen LogP contribution in [0.2, 0.25) is 0 Å². The Bertz CT molecular complexity index is 610. The number of nitrogens with one attached hydrogen (secondary N) is 1. The van der Waals surface area contributed by atoms with Gasteiger partial charge < -0.3 is 11.1 Å². The Hall–Kier alpha value is -1.94. The van der Waals surface area contributed by atoms with E-state index in [4.69, 9.17) is 18.0 Å². The van der Waals surface area contributed by atoms with Crippen molar-refractivity contribution in [3.8, 4) is 0 Å². The Balaban J connectivity index is 1.99. The van der Waals surface area contributed by atoms with Gasteiger partial charge in [0.25, 0.3) is 5.91 Å². The van der Waals surface area contributed by atoms with Gasteiger partial charge in [-0.1, -0.05) is 42.5 Å². The third-order valence-corrected chi connectivity index (χ3v) is 3.10. The molecule has 3 nitrogen and oxygen atoms in total. The zero-order valence-electron chi connectivity index (χ0n) is 10.6. The first-order valence-electron chi connectivity index (χ1n) is 6.22. The molecule has 0 saturated carbocycles. The van der Waals surface area contributed by atoms with E-state index in [0.717, 1.165) is 17.2 Å². The van der Waals surface area contributed by atoms with E-state index in [1.807, 2.05) is 42.5 Å². The molecule has 0 unspecified atom stereocenters. The number of rotatable bonds is 5. The quantitative estimate of drug-likeness (QED) is 0.650. The van der Waals surface area contributed by atoms with Gasteiger partial charge in [-0.05, 0) is 35.7 Å². The molecule has 19 heavy (non-hydrogen) atoms. The maximum Gasteiger partial charge on any atom is 0.251 e. The standard InChI is InChI=1S/C15H16N2OS/c16-14(19)6-3-9-17-15(18)13-8-7-11-4-1-2-5-12(11)10-13/h1-2,4-5,7-8,10H,3,6,9H2,(H2,16,19)(H,17,18). The number of hydrogen-bond donors (Lipinski definition) is 2. The predicted octanol–water partition coefficient (Wildman–Crippen LogP) is 2.64. The van der Waals surface area contributed by atoms with Crippen molar-refractivity contribution in [3.63, 3.8) is 0 Å². The second-order valence-corrected chi connectivity index (χ2v) is 4.91. The molecule has 0 saturated heterocycles. The van der Waals surface area contributed by atoms with E-state index >= 15 is 0 Å². The Morgan fingerprint density at radius 2 is 1.89 bits per heavy atom. The molecule has 2 rings (SSSR count). The Kier molecular flexibility index (Phi) is 4.47. The van der Waals surface area contributed by atoms with E-state index in [1.54, 1.807) is 0 Å². The number of carbonyl (C=O) groups is 1. The summed E-state index contributed by atoms with van der Waals surface area (Å²) in [6.45, 7) is 0.586. The van der Waals surface area contributed by atoms with E-state index in [0.29, 0.717) is 23.5 Å². The zero-order valence-corrected chi connectivity index (χ0v) is 11.4. The number of fused-ring (bicyclic) bond motifs is 1. The second-order valence-electron chi connectivity index (χ2n) is 4.39. The summed E-state index contributed by atoms with van der Waals surface area (Å²) in [4.78, 5) is 12.4. The molecule has 0 aliphatic heterocycles. The molecule has 0 aliphatic rings. The minimum Gasteiger partial charge on any atom is -0.393 e. The monoisotopic (exact) mass is 272 g/mol. The number of benzene rings is 2. The largest absolute Gasteiger partial charge is 0.393 e. The predicted molar refractivity (Wildman–Crippen MR) is 82.3 cm³/mol. The summed E-state index contributed by atoms with van der Waals surface area (Å²) in [6, 6.07) is 13.7. The fourth-order valence-electron chi connectivity index (χ4n) is 1.90. The van der Waals surface area contributed by atoms with Crippen molar-refractivity contribution in [2.45, 2.75) is 12.8 Å². The average molecular weight is 272 g/mol. The van der Waals surface area contributed by atoms with Crippen LogP contribution in [0.1, 0.15) is 23.2 Å². The van der Waals surface area contributed by atoms with Gasteiger partial charge in [0.2, 0.25) is 0 Å². The molecule has 4 heteroatoms. The normalized spacial score (nSPS) is 10.3. The van der Waals surface area contributed by atoms with E-state index < -0.39 is 0 Å². The molecule has 1 amide bonds. The maximum absolute atomic E-state index is 12.0. The van der Waals surface area contributed by atoms with Crippen LogP contribution in [-0.4, -0.2) is 17.4 Å². The molecule has 0 heterocycles. The van der Waals surface area contributed by atoms with Gasteiger partial charge >= 0.3 is 0 Å². The number of carbonyl (C=O) groups excluding carboxylic acids is 1. The molecular weight excluding hydrogens is 256 g/mol. The summed E-state index contributed by atoms with van der Waals surface area (Å²) >= 11 is 4.79. The molecule has 3 N–H and O–H groups in total. The summed E-state index contributed by atoms with van der Waals surface area (Å²) in [5.41, 5.74) is 6.08. The van der Waals surface area contributed by atoms with Crippen molar-refractivity contribution >= 4 is 33.9 Å². The molecule has 0 aliphatic carbocycles. The number of hydrogen-bond acceptors (Lipinski definition) is 2. The highest BCUT2D eigenvalue weighted by atomic mass is 32.1. The summed E-state index contributed by atoms with van der Waals surface area (Å²) in [5.74, 6) is -0.0614. The van der Waals surface area contributed by atoms with Crippen LogP contribution in [-0.2, 0) is 0 Å². The van der Waals surface area contributed by atoms with E-state index in [2.05, 4.69) is 5.32 Å². The van der Waals surface area contributed by atoms with Gasteiger partial charge in [-0.15, -0.1) is 0 Å². The van der Waals surface area contributed by atoms with E-state index in [-0.39, 0.29) is 5.91 Å². The number of amides is 1. The summed E-state index contributed by atoms with van der Waals surface area (Å²) in [6.07, 6.45) is 1.43. The van der Waals surface area contributed by atoms with Crippen LogP contribution in [0.4, 0.5) is 0 Å². The molecule has 0 fully saturated rings. The molecule has 98 valence electrons. The van der Waals surface area contributed by atoms with Gasteiger partial charge in [-0.3, -0.25) is 4.79 Å². The molecule has 2 aromatic rings. The van der Waals surface area contributed by atoms with Crippen LogP contribution in [0.25, 0.3) is 10.8 Å². The highest BCUT2D eigenvalue weighted by molar-refractivity contribution is 7.80. The summed E-state index contributed by atoms with van der Waals surface area (Å²) in [5, 5.41) is 5.06. The smallest absolute Gasteiger partial charge is 0.251 e. The van der Waals surface area contributed by atoms with E-state index in [1.165, 1.54) is 0 Å². The van der Waals surface area contributed by atoms with Crippen LogP contribution in [0.5, 0.6) is 0 Å². The third-order valence-electron chi connectivity index (χ3n) is 2.90. The van der Waals surface area contributed by atoms with Crippen LogP contribution in [0, 0.1) is 0 Å². The van der Waals surface area contributed by atoms with Gasteiger partial charge in [-0.25, -0.2) is 0 Å². The maximum atomic E-state index is 12.0. The van der Waals surface area contributed by atoms with Gasteiger partial charge in [0.15, 0.2) is 0 Å². The topological polar surface area (TPSA) is 55.1 Å². The Labute approximate surface area is 117 Å². The van der Waals surface area contributed by atoms with Crippen LogP contribution >= 0.6 is 12.2 Å². The molecular formula is C15H16N2OS. The van der Waals surface area contributed by atoms with Gasteiger partial charge in [0.05, 0.1) is 4.99 Å². The zero-order chi connectivity index (χ0) is 13.7. The molecule has 0 spiro atoms. The molecule has 0 atom stereocenters. The first kappa shape index (κ1) is 13.5. The molecule has 2 aromatic carbocycles. The van der Waals surface area contributed by atoms with Crippen molar-refractivity contribution < 1.29 is 4.79 Å².